The topological polar surface area (TPSA) is 77.6 Å². The fraction of sp³-hybridized carbons (Fsp3) is 0.407. The monoisotopic (exact) mass is 456 g/mol. The molecule has 0 unspecified atom stereocenters. The number of nitrogens with zero attached hydrogens (tertiary/aromatic N) is 5. The van der Waals surface area contributed by atoms with E-state index in [1.807, 2.05) is 51.8 Å². The molecule has 5 rings (SSSR count). The minimum atomic E-state index is 0.0129. The highest BCUT2D eigenvalue weighted by molar-refractivity contribution is 5.75. The van der Waals surface area contributed by atoms with Gasteiger partial charge in [0.15, 0.2) is 0 Å². The van der Waals surface area contributed by atoms with Crippen LogP contribution in [0.3, 0.4) is 0 Å². The van der Waals surface area contributed by atoms with Crippen LogP contribution in [-0.4, -0.2) is 24.3 Å². The third-order valence-electron chi connectivity index (χ3n) is 7.64. The molecule has 1 aliphatic rings. The van der Waals surface area contributed by atoms with Gasteiger partial charge in [-0.05, 0) is 73.4 Å². The maximum Gasteiger partial charge on any atom is 0.252 e. The minimum Gasteiger partial charge on any atom is -0.324 e. The van der Waals surface area contributed by atoms with Gasteiger partial charge in [-0.2, -0.15) is 10.1 Å². The van der Waals surface area contributed by atoms with E-state index < -0.39 is 0 Å². The molecule has 1 aromatic carbocycles. The van der Waals surface area contributed by atoms with E-state index in [1.165, 1.54) is 6.42 Å². The van der Waals surface area contributed by atoms with Crippen LogP contribution in [0, 0.1) is 11.3 Å². The van der Waals surface area contributed by atoms with Crippen LogP contribution in [-0.2, 0) is 0 Å². The average molecular weight is 457 g/mol. The Balaban J connectivity index is 1.40. The summed E-state index contributed by atoms with van der Waals surface area (Å²) in [6.45, 7) is 7.02. The molecule has 0 spiro atoms. The molecule has 0 amide bonds. The Kier molecular flexibility index (Phi) is 5.94. The molecule has 1 fully saturated rings. The summed E-state index contributed by atoms with van der Waals surface area (Å²) in [5, 5.41) is 8.43. The molecule has 0 radical (unpaired) electrons. The Hall–Kier alpha value is -3.48. The van der Waals surface area contributed by atoms with Crippen LogP contribution in [0.2, 0.25) is 0 Å². The first kappa shape index (κ1) is 22.3. The zero-order chi connectivity index (χ0) is 23.7. The summed E-state index contributed by atoms with van der Waals surface area (Å²) in [6.07, 6.45) is 11.0. The summed E-state index contributed by atoms with van der Waals surface area (Å²) >= 11 is 0. The molecule has 7 nitrogen and oxygen atoms in total. The van der Waals surface area contributed by atoms with Crippen molar-refractivity contribution in [1.82, 2.24) is 24.3 Å². The third-order valence-corrected chi connectivity index (χ3v) is 7.64. The first-order valence-electron chi connectivity index (χ1n) is 12.2. The molecule has 0 aliphatic heterocycles. The van der Waals surface area contributed by atoms with Gasteiger partial charge in [-0.3, -0.25) is 9.36 Å². The predicted molar refractivity (Wildman–Crippen MR) is 136 cm³/mol. The largest absolute Gasteiger partial charge is 0.324 e. The standard InChI is InChI=1S/C27H32N6O/c1-4-27(2,3)20-7-11-23(12-8-20)33-24(34)15-6-19-18-28-26(31-25(19)33)30-21-9-13-22(14-10-21)32-17-5-16-29-32/h5-6,9-10,13-18,20,23H,4,7-8,11-12H2,1-3H3,(H,28,30,31). The van der Waals surface area contributed by atoms with Crippen LogP contribution in [0.4, 0.5) is 11.6 Å². The minimum absolute atomic E-state index is 0.0129. The van der Waals surface area contributed by atoms with Crippen molar-refractivity contribution in [3.05, 3.63) is 71.4 Å². The Morgan fingerprint density at radius 1 is 1.06 bits per heavy atom. The summed E-state index contributed by atoms with van der Waals surface area (Å²) in [5.41, 5.74) is 2.92. The highest BCUT2D eigenvalue weighted by Gasteiger charge is 2.33. The molecular weight excluding hydrogens is 424 g/mol. The van der Waals surface area contributed by atoms with Crippen molar-refractivity contribution in [2.75, 3.05) is 5.32 Å². The summed E-state index contributed by atoms with van der Waals surface area (Å²) in [6, 6.07) is 13.5. The van der Waals surface area contributed by atoms with E-state index in [4.69, 9.17) is 4.98 Å². The van der Waals surface area contributed by atoms with E-state index in [-0.39, 0.29) is 11.6 Å². The van der Waals surface area contributed by atoms with Gasteiger partial charge in [-0.25, -0.2) is 9.67 Å². The van der Waals surface area contributed by atoms with E-state index in [1.54, 1.807) is 18.5 Å². The number of rotatable bonds is 6. The van der Waals surface area contributed by atoms with Gasteiger partial charge in [0.25, 0.3) is 5.56 Å². The van der Waals surface area contributed by atoms with E-state index in [2.05, 4.69) is 36.2 Å². The van der Waals surface area contributed by atoms with Gasteiger partial charge >= 0.3 is 0 Å². The molecule has 1 N–H and O–H groups in total. The Morgan fingerprint density at radius 3 is 2.50 bits per heavy atom. The van der Waals surface area contributed by atoms with Gasteiger partial charge < -0.3 is 5.32 Å². The van der Waals surface area contributed by atoms with Gasteiger partial charge in [0.05, 0.1) is 5.69 Å². The van der Waals surface area contributed by atoms with Crippen molar-refractivity contribution in [3.8, 4) is 5.69 Å². The number of hydrogen-bond acceptors (Lipinski definition) is 5. The summed E-state index contributed by atoms with van der Waals surface area (Å²) in [7, 11) is 0. The van der Waals surface area contributed by atoms with Crippen molar-refractivity contribution < 1.29 is 0 Å². The molecular formula is C27H32N6O. The van der Waals surface area contributed by atoms with Crippen LogP contribution in [0.15, 0.2) is 65.8 Å². The number of hydrogen-bond donors (Lipinski definition) is 1. The molecule has 0 bridgehead atoms. The maximum atomic E-state index is 13.0. The lowest BCUT2D eigenvalue weighted by Gasteiger charge is -2.39. The van der Waals surface area contributed by atoms with E-state index >= 15 is 0 Å². The molecule has 4 aromatic rings. The van der Waals surface area contributed by atoms with Gasteiger partial charge in [-0.15, -0.1) is 0 Å². The number of anilines is 2. The third kappa shape index (κ3) is 4.34. The van der Waals surface area contributed by atoms with Crippen molar-refractivity contribution >= 4 is 22.7 Å². The van der Waals surface area contributed by atoms with Gasteiger partial charge in [0.2, 0.25) is 5.95 Å². The Bertz CT molecular complexity index is 1320. The molecule has 176 valence electrons. The fourth-order valence-electron chi connectivity index (χ4n) is 5.10. The molecule has 1 aliphatic carbocycles. The highest BCUT2D eigenvalue weighted by atomic mass is 16.1. The summed E-state index contributed by atoms with van der Waals surface area (Å²) < 4.78 is 3.71. The number of aromatic nitrogens is 5. The van der Waals surface area contributed by atoms with Crippen LogP contribution < -0.4 is 10.9 Å². The van der Waals surface area contributed by atoms with E-state index in [0.29, 0.717) is 22.9 Å². The smallest absolute Gasteiger partial charge is 0.252 e. The lowest BCUT2D eigenvalue weighted by molar-refractivity contribution is 0.130. The molecule has 3 heterocycles. The normalized spacial score (nSPS) is 18.8. The van der Waals surface area contributed by atoms with Gasteiger partial charge in [-0.1, -0.05) is 27.2 Å². The zero-order valence-electron chi connectivity index (χ0n) is 20.1. The van der Waals surface area contributed by atoms with Crippen LogP contribution in [0.5, 0.6) is 0 Å². The fourth-order valence-corrected chi connectivity index (χ4v) is 5.10. The number of fused-ring (bicyclic) bond motifs is 1. The average Bonchev–Trinajstić information content (AvgIpc) is 3.40. The first-order chi connectivity index (χ1) is 16.4. The Labute approximate surface area is 199 Å². The van der Waals surface area contributed by atoms with Crippen molar-refractivity contribution in [3.63, 3.8) is 0 Å². The van der Waals surface area contributed by atoms with Crippen LogP contribution in [0.1, 0.15) is 58.9 Å². The number of pyridine rings is 1. The maximum absolute atomic E-state index is 13.0. The van der Waals surface area contributed by atoms with Gasteiger partial charge in [0.1, 0.15) is 5.65 Å². The number of benzene rings is 1. The van der Waals surface area contributed by atoms with Crippen LogP contribution >= 0.6 is 0 Å². The molecule has 3 aromatic heterocycles. The predicted octanol–water partition coefficient (Wildman–Crippen LogP) is 5.89. The molecule has 1 saturated carbocycles. The molecule has 0 saturated heterocycles. The Morgan fingerprint density at radius 2 is 1.82 bits per heavy atom. The van der Waals surface area contributed by atoms with Crippen molar-refractivity contribution in [1.29, 1.82) is 0 Å². The first-order valence-corrected chi connectivity index (χ1v) is 12.2. The van der Waals surface area contributed by atoms with Crippen LogP contribution in [0.25, 0.3) is 16.7 Å². The SMILES string of the molecule is CCC(C)(C)C1CCC(n2c(=O)ccc3cnc(Nc4ccc(-n5cccn5)cc4)nc32)CC1. The number of nitrogens with one attached hydrogen (secondary N) is 1. The lowest BCUT2D eigenvalue weighted by atomic mass is 9.69. The van der Waals surface area contributed by atoms with E-state index in [0.717, 1.165) is 42.4 Å². The molecule has 0 atom stereocenters. The summed E-state index contributed by atoms with van der Waals surface area (Å²) in [4.78, 5) is 22.2. The van der Waals surface area contributed by atoms with E-state index in [9.17, 15) is 4.79 Å². The second-order valence-electron chi connectivity index (χ2n) is 9.98. The quantitative estimate of drug-likeness (QED) is 0.391. The second-order valence-corrected chi connectivity index (χ2v) is 9.98. The molecule has 34 heavy (non-hydrogen) atoms. The molecule has 7 heteroatoms. The zero-order valence-corrected chi connectivity index (χ0v) is 20.1. The highest BCUT2D eigenvalue weighted by Crippen LogP contribution is 2.43. The van der Waals surface area contributed by atoms with Crippen molar-refractivity contribution in [2.24, 2.45) is 11.3 Å². The van der Waals surface area contributed by atoms with Gasteiger partial charge in [0, 0.05) is 41.8 Å². The second kappa shape index (κ2) is 9.05. The lowest BCUT2D eigenvalue weighted by Crippen LogP contribution is -2.32. The summed E-state index contributed by atoms with van der Waals surface area (Å²) in [5.74, 6) is 1.19. The van der Waals surface area contributed by atoms with Crippen molar-refractivity contribution in [2.45, 2.75) is 58.9 Å².